The van der Waals surface area contributed by atoms with E-state index in [1.807, 2.05) is 0 Å². The van der Waals surface area contributed by atoms with Gasteiger partial charge >= 0.3 is 0 Å². The Morgan fingerprint density at radius 1 is 1.12 bits per heavy atom. The second-order valence-corrected chi connectivity index (χ2v) is 3.83. The summed E-state index contributed by atoms with van der Waals surface area (Å²) in [7, 11) is 1.73. The van der Waals surface area contributed by atoms with Crippen LogP contribution < -0.4 is 10.6 Å². The van der Waals surface area contributed by atoms with Crippen molar-refractivity contribution in [2.75, 3.05) is 37.5 Å². The third-order valence-electron chi connectivity index (χ3n) is 2.61. The Labute approximate surface area is 99.5 Å². The van der Waals surface area contributed by atoms with Crippen molar-refractivity contribution in [2.24, 2.45) is 0 Å². The first-order chi connectivity index (χ1) is 8.12. The Bertz CT molecular complexity index is 360. The van der Waals surface area contributed by atoms with Crippen LogP contribution in [0.3, 0.4) is 0 Å². The lowest BCUT2D eigenvalue weighted by Crippen LogP contribution is -2.49. The molecule has 0 bridgehead atoms. The molecule has 7 heteroatoms. The maximum absolute atomic E-state index is 9.21. The highest BCUT2D eigenvalue weighted by molar-refractivity contribution is 5.57. The zero-order chi connectivity index (χ0) is 12.9. The quantitative estimate of drug-likeness (QED) is 0.433. The van der Waals surface area contributed by atoms with Gasteiger partial charge in [-0.2, -0.15) is 0 Å². The molecule has 0 unspecified atom stereocenters. The summed E-state index contributed by atoms with van der Waals surface area (Å²) in [5.41, 5.74) is -0.445. The molecule has 1 heterocycles. The molecule has 0 spiro atoms. The highest BCUT2D eigenvalue weighted by Crippen LogP contribution is 2.21. The Morgan fingerprint density at radius 2 is 1.65 bits per heavy atom. The highest BCUT2D eigenvalue weighted by atomic mass is 16.3. The van der Waals surface area contributed by atoms with E-state index in [0.717, 1.165) is 5.56 Å². The normalized spacial score (nSPS) is 11.4. The molecule has 0 aliphatic rings. The van der Waals surface area contributed by atoms with E-state index in [0.29, 0.717) is 11.6 Å². The molecule has 0 aliphatic carbocycles. The zero-order valence-electron chi connectivity index (χ0n) is 9.93. The largest absolute Gasteiger partial charge is 0.394 e. The molecule has 1 aromatic rings. The van der Waals surface area contributed by atoms with Crippen LogP contribution in [0.25, 0.3) is 0 Å². The molecule has 0 aromatic carbocycles. The average Bonchev–Trinajstić information content (AvgIpc) is 2.38. The van der Waals surface area contributed by atoms with E-state index in [4.69, 9.17) is 0 Å². The van der Waals surface area contributed by atoms with Crippen LogP contribution >= 0.6 is 0 Å². The third kappa shape index (κ3) is 2.82. The second-order valence-electron chi connectivity index (χ2n) is 3.83. The number of aliphatic hydroxyl groups is 3. The number of hydrogen-bond acceptors (Lipinski definition) is 7. The fraction of sp³-hybridized carbons (Fsp3) is 0.600. The number of hydrogen-bond donors (Lipinski definition) is 5. The molecule has 5 N–H and O–H groups in total. The monoisotopic (exact) mass is 242 g/mol. The van der Waals surface area contributed by atoms with E-state index in [2.05, 4.69) is 20.6 Å². The molecule has 7 nitrogen and oxygen atoms in total. The molecule has 0 amide bonds. The molecule has 0 atom stereocenters. The summed E-state index contributed by atoms with van der Waals surface area (Å²) in [6.45, 7) is 0.583. The maximum atomic E-state index is 9.21. The Hall–Kier alpha value is -1.44. The summed E-state index contributed by atoms with van der Waals surface area (Å²) in [6, 6.07) is 0. The molecular formula is C10H18N4O3. The zero-order valence-corrected chi connectivity index (χ0v) is 9.93. The molecule has 17 heavy (non-hydrogen) atoms. The number of nitrogens with one attached hydrogen (secondary N) is 2. The molecule has 0 fully saturated rings. The molecule has 1 rings (SSSR count). The summed E-state index contributed by atoms with van der Waals surface area (Å²) >= 11 is 0. The average molecular weight is 242 g/mol. The SMILES string of the molecule is CNc1ncnc(NC(CO)(CO)CO)c1C. The topological polar surface area (TPSA) is 111 Å². The van der Waals surface area contributed by atoms with E-state index < -0.39 is 25.4 Å². The number of aromatic nitrogens is 2. The van der Waals surface area contributed by atoms with Crippen LogP contribution in [-0.2, 0) is 0 Å². The van der Waals surface area contributed by atoms with E-state index in [1.54, 1.807) is 14.0 Å². The van der Waals surface area contributed by atoms with Gasteiger partial charge in [0.25, 0.3) is 0 Å². The summed E-state index contributed by atoms with van der Waals surface area (Å²) in [4.78, 5) is 8.04. The van der Waals surface area contributed by atoms with Crippen LogP contribution in [0.5, 0.6) is 0 Å². The van der Waals surface area contributed by atoms with Gasteiger partial charge in [0, 0.05) is 12.6 Å². The lowest BCUT2D eigenvalue weighted by atomic mass is 10.0. The predicted octanol–water partition coefficient (Wildman–Crippen LogP) is -1.05. The van der Waals surface area contributed by atoms with E-state index in [9.17, 15) is 15.3 Å². The Kier molecular flexibility index (Phi) is 4.62. The van der Waals surface area contributed by atoms with Crippen molar-refractivity contribution >= 4 is 11.6 Å². The van der Waals surface area contributed by atoms with Crippen LogP contribution in [0.4, 0.5) is 11.6 Å². The molecule has 0 saturated carbocycles. The van der Waals surface area contributed by atoms with Gasteiger partial charge in [-0.25, -0.2) is 9.97 Å². The van der Waals surface area contributed by atoms with Crippen LogP contribution in [-0.4, -0.2) is 57.7 Å². The van der Waals surface area contributed by atoms with Crippen molar-refractivity contribution in [3.63, 3.8) is 0 Å². The van der Waals surface area contributed by atoms with Gasteiger partial charge in [-0.15, -0.1) is 0 Å². The predicted molar refractivity (Wildman–Crippen MR) is 63.9 cm³/mol. The number of anilines is 2. The van der Waals surface area contributed by atoms with Gasteiger partial charge in [0.2, 0.25) is 0 Å². The van der Waals surface area contributed by atoms with Gasteiger partial charge in [-0.05, 0) is 6.92 Å². The van der Waals surface area contributed by atoms with Crippen LogP contribution in [0.15, 0.2) is 6.33 Å². The minimum Gasteiger partial charge on any atom is -0.394 e. The first-order valence-electron chi connectivity index (χ1n) is 5.22. The molecule has 0 aliphatic heterocycles. The summed E-state index contributed by atoms with van der Waals surface area (Å²) in [6.07, 6.45) is 1.36. The van der Waals surface area contributed by atoms with Crippen LogP contribution in [0.1, 0.15) is 5.56 Å². The Balaban J connectivity index is 3.01. The van der Waals surface area contributed by atoms with E-state index >= 15 is 0 Å². The number of nitrogens with zero attached hydrogens (tertiary/aromatic N) is 2. The smallest absolute Gasteiger partial charge is 0.135 e. The summed E-state index contributed by atoms with van der Waals surface area (Å²) < 4.78 is 0. The highest BCUT2D eigenvalue weighted by Gasteiger charge is 2.29. The minimum absolute atomic E-state index is 0.404. The maximum Gasteiger partial charge on any atom is 0.135 e. The summed E-state index contributed by atoms with van der Waals surface area (Å²) in [5, 5.41) is 33.4. The standard InChI is InChI=1S/C10H18N4O3/c1-7-8(11-2)12-6-13-9(7)14-10(3-15,4-16)5-17/h6,15-17H,3-5H2,1-2H3,(H2,11,12,13,14). The van der Waals surface area contributed by atoms with Crippen molar-refractivity contribution in [3.05, 3.63) is 11.9 Å². The van der Waals surface area contributed by atoms with E-state index in [1.165, 1.54) is 6.33 Å². The van der Waals surface area contributed by atoms with Gasteiger partial charge in [0.15, 0.2) is 0 Å². The lowest BCUT2D eigenvalue weighted by Gasteiger charge is -2.30. The molecule has 96 valence electrons. The fourth-order valence-corrected chi connectivity index (χ4v) is 1.35. The van der Waals surface area contributed by atoms with Gasteiger partial charge in [-0.1, -0.05) is 0 Å². The van der Waals surface area contributed by atoms with Crippen LogP contribution in [0.2, 0.25) is 0 Å². The van der Waals surface area contributed by atoms with Crippen molar-refractivity contribution in [1.82, 2.24) is 9.97 Å². The summed E-state index contributed by atoms with van der Waals surface area (Å²) in [5.74, 6) is 1.10. The van der Waals surface area contributed by atoms with Crippen molar-refractivity contribution in [2.45, 2.75) is 12.5 Å². The molecule has 0 radical (unpaired) electrons. The second kappa shape index (κ2) is 5.76. The molecule has 0 saturated heterocycles. The Morgan fingerprint density at radius 3 is 2.12 bits per heavy atom. The van der Waals surface area contributed by atoms with Crippen molar-refractivity contribution in [1.29, 1.82) is 0 Å². The van der Waals surface area contributed by atoms with Crippen molar-refractivity contribution in [3.8, 4) is 0 Å². The lowest BCUT2D eigenvalue weighted by molar-refractivity contribution is 0.0830. The third-order valence-corrected chi connectivity index (χ3v) is 2.61. The van der Waals surface area contributed by atoms with Gasteiger partial charge in [-0.3, -0.25) is 0 Å². The number of rotatable bonds is 6. The van der Waals surface area contributed by atoms with Gasteiger partial charge < -0.3 is 26.0 Å². The van der Waals surface area contributed by atoms with Crippen molar-refractivity contribution < 1.29 is 15.3 Å². The minimum atomic E-state index is -1.19. The van der Waals surface area contributed by atoms with E-state index in [-0.39, 0.29) is 0 Å². The molecular weight excluding hydrogens is 224 g/mol. The molecule has 1 aromatic heterocycles. The first kappa shape index (κ1) is 13.6. The first-order valence-corrected chi connectivity index (χ1v) is 5.22. The van der Waals surface area contributed by atoms with Crippen LogP contribution in [0, 0.1) is 6.92 Å². The number of aliphatic hydroxyl groups excluding tert-OH is 3. The van der Waals surface area contributed by atoms with Gasteiger partial charge in [0.05, 0.1) is 19.8 Å². The fourth-order valence-electron chi connectivity index (χ4n) is 1.35. The van der Waals surface area contributed by atoms with Gasteiger partial charge in [0.1, 0.15) is 23.5 Å².